The van der Waals surface area contributed by atoms with E-state index >= 15 is 0 Å². The predicted octanol–water partition coefficient (Wildman–Crippen LogP) is 3.50. The van der Waals surface area contributed by atoms with Gasteiger partial charge in [-0.3, -0.25) is 25.8 Å². The number of hydrazine groups is 1. The standard InChI is InChI=1S/C19H18N6O3/c1-12-6-8-14(9-7-12)19(26)24-23-18-16(25(27)28)17(20-11-21-18)22-15-5-3-4-13(2)10-15/h3-11H,1-2H3,(H,24,26)(H2,20,21,22,23). The number of nitrogens with zero attached hydrogens (tertiary/aromatic N) is 3. The second kappa shape index (κ2) is 8.12. The van der Waals surface area contributed by atoms with Crippen LogP contribution in [0.2, 0.25) is 0 Å². The fourth-order valence-electron chi connectivity index (χ4n) is 2.49. The van der Waals surface area contributed by atoms with Gasteiger partial charge in [-0.2, -0.15) is 0 Å². The van der Waals surface area contributed by atoms with Gasteiger partial charge in [-0.1, -0.05) is 29.8 Å². The lowest BCUT2D eigenvalue weighted by molar-refractivity contribution is -0.383. The molecule has 0 aliphatic carbocycles. The summed E-state index contributed by atoms with van der Waals surface area (Å²) in [5, 5.41) is 14.5. The molecular weight excluding hydrogens is 360 g/mol. The van der Waals surface area contributed by atoms with E-state index in [1.807, 2.05) is 32.0 Å². The number of anilines is 3. The van der Waals surface area contributed by atoms with E-state index < -0.39 is 10.8 Å². The van der Waals surface area contributed by atoms with E-state index in [1.165, 1.54) is 6.33 Å². The van der Waals surface area contributed by atoms with Crippen LogP contribution in [0.5, 0.6) is 0 Å². The van der Waals surface area contributed by atoms with Crippen LogP contribution in [0.1, 0.15) is 21.5 Å². The van der Waals surface area contributed by atoms with Gasteiger partial charge < -0.3 is 5.32 Å². The van der Waals surface area contributed by atoms with Gasteiger partial charge in [-0.15, -0.1) is 0 Å². The molecular formula is C19H18N6O3. The van der Waals surface area contributed by atoms with Gasteiger partial charge in [-0.25, -0.2) is 9.97 Å². The van der Waals surface area contributed by atoms with Gasteiger partial charge >= 0.3 is 5.69 Å². The largest absolute Gasteiger partial charge is 0.355 e. The van der Waals surface area contributed by atoms with Crippen LogP contribution in [0.3, 0.4) is 0 Å². The molecule has 3 rings (SSSR count). The van der Waals surface area contributed by atoms with Crippen molar-refractivity contribution >= 4 is 28.9 Å². The molecule has 28 heavy (non-hydrogen) atoms. The van der Waals surface area contributed by atoms with Gasteiger partial charge in [0.25, 0.3) is 5.91 Å². The van der Waals surface area contributed by atoms with Crippen molar-refractivity contribution in [3.05, 3.63) is 81.7 Å². The van der Waals surface area contributed by atoms with Crippen LogP contribution in [0.4, 0.5) is 23.0 Å². The minimum absolute atomic E-state index is 0.0117. The summed E-state index contributed by atoms with van der Waals surface area (Å²) in [6.07, 6.45) is 1.17. The monoisotopic (exact) mass is 378 g/mol. The Bertz CT molecular complexity index is 1020. The number of aromatic nitrogens is 2. The summed E-state index contributed by atoms with van der Waals surface area (Å²) in [5.74, 6) is -0.561. The molecule has 2 aromatic carbocycles. The number of rotatable bonds is 6. The number of carbonyl (C=O) groups is 1. The lowest BCUT2D eigenvalue weighted by Gasteiger charge is -2.11. The number of hydrogen-bond donors (Lipinski definition) is 3. The third-order valence-corrected chi connectivity index (χ3v) is 3.89. The zero-order chi connectivity index (χ0) is 20.1. The van der Waals surface area contributed by atoms with Crippen LogP contribution >= 0.6 is 0 Å². The molecule has 0 bridgehead atoms. The molecule has 1 amide bonds. The molecule has 142 valence electrons. The van der Waals surface area contributed by atoms with E-state index in [1.54, 1.807) is 30.3 Å². The van der Waals surface area contributed by atoms with Gasteiger partial charge in [0, 0.05) is 11.3 Å². The molecule has 0 atom stereocenters. The first-order valence-corrected chi connectivity index (χ1v) is 8.40. The minimum Gasteiger partial charge on any atom is -0.334 e. The first kappa shape index (κ1) is 18.8. The summed E-state index contributed by atoms with van der Waals surface area (Å²) in [6.45, 7) is 3.82. The maximum atomic E-state index is 12.2. The highest BCUT2D eigenvalue weighted by Crippen LogP contribution is 2.30. The first-order valence-electron chi connectivity index (χ1n) is 8.40. The minimum atomic E-state index is -0.613. The van der Waals surface area contributed by atoms with E-state index in [0.29, 0.717) is 11.3 Å². The van der Waals surface area contributed by atoms with Gasteiger partial charge in [0.05, 0.1) is 4.92 Å². The van der Waals surface area contributed by atoms with Crippen molar-refractivity contribution in [3.63, 3.8) is 0 Å². The molecule has 0 spiro atoms. The summed E-state index contributed by atoms with van der Waals surface area (Å²) < 4.78 is 0. The summed E-state index contributed by atoms with van der Waals surface area (Å²) >= 11 is 0. The Hall–Kier alpha value is -4.01. The van der Waals surface area contributed by atoms with Crippen molar-refractivity contribution in [1.82, 2.24) is 15.4 Å². The number of nitrogens with one attached hydrogen (secondary N) is 3. The average molecular weight is 378 g/mol. The number of benzene rings is 2. The fourth-order valence-corrected chi connectivity index (χ4v) is 2.49. The molecule has 0 aliphatic rings. The maximum Gasteiger partial charge on any atom is 0.355 e. The zero-order valence-electron chi connectivity index (χ0n) is 15.3. The molecule has 9 nitrogen and oxygen atoms in total. The number of hydrogen-bond acceptors (Lipinski definition) is 7. The Labute approximate surface area is 161 Å². The summed E-state index contributed by atoms with van der Waals surface area (Å²) in [6, 6.07) is 14.2. The van der Waals surface area contributed by atoms with Crippen LogP contribution in [-0.2, 0) is 0 Å². The molecule has 0 aliphatic heterocycles. The number of carbonyl (C=O) groups excluding carboxylic acids is 1. The van der Waals surface area contributed by atoms with Crippen molar-refractivity contribution < 1.29 is 9.72 Å². The molecule has 0 unspecified atom stereocenters. The second-order valence-corrected chi connectivity index (χ2v) is 6.12. The maximum absolute atomic E-state index is 12.2. The highest BCUT2D eigenvalue weighted by atomic mass is 16.6. The predicted molar refractivity (Wildman–Crippen MR) is 105 cm³/mol. The Morgan fingerprint density at radius 1 is 1.00 bits per heavy atom. The first-order chi connectivity index (χ1) is 13.4. The number of amides is 1. The number of aryl methyl sites for hydroxylation is 2. The van der Waals surface area contributed by atoms with Crippen molar-refractivity contribution in [3.8, 4) is 0 Å². The highest BCUT2D eigenvalue weighted by molar-refractivity contribution is 5.95. The Kier molecular flexibility index (Phi) is 5.45. The number of nitro groups is 1. The highest BCUT2D eigenvalue weighted by Gasteiger charge is 2.23. The Morgan fingerprint density at radius 2 is 1.71 bits per heavy atom. The van der Waals surface area contributed by atoms with E-state index in [9.17, 15) is 14.9 Å². The third kappa shape index (κ3) is 4.39. The molecule has 1 heterocycles. The summed E-state index contributed by atoms with van der Waals surface area (Å²) in [5.41, 5.74) is 7.62. The van der Waals surface area contributed by atoms with Crippen LogP contribution in [0.25, 0.3) is 0 Å². The lowest BCUT2D eigenvalue weighted by Crippen LogP contribution is -2.30. The van der Waals surface area contributed by atoms with Gasteiger partial charge in [-0.05, 0) is 43.7 Å². The zero-order valence-corrected chi connectivity index (χ0v) is 15.3. The van der Waals surface area contributed by atoms with Crippen LogP contribution in [-0.4, -0.2) is 20.8 Å². The van der Waals surface area contributed by atoms with Crippen molar-refractivity contribution in [2.75, 3.05) is 10.7 Å². The molecule has 0 saturated carbocycles. The van der Waals surface area contributed by atoms with Crippen molar-refractivity contribution in [2.24, 2.45) is 0 Å². The van der Waals surface area contributed by atoms with Gasteiger partial charge in [0.1, 0.15) is 6.33 Å². The Morgan fingerprint density at radius 3 is 2.39 bits per heavy atom. The average Bonchev–Trinajstić information content (AvgIpc) is 2.66. The molecule has 1 aromatic heterocycles. The molecule has 0 fully saturated rings. The quantitative estimate of drug-likeness (QED) is 0.443. The van der Waals surface area contributed by atoms with Gasteiger partial charge in [0.2, 0.25) is 11.6 Å². The lowest BCUT2D eigenvalue weighted by atomic mass is 10.1. The smallest absolute Gasteiger partial charge is 0.334 e. The van der Waals surface area contributed by atoms with Crippen molar-refractivity contribution in [1.29, 1.82) is 0 Å². The molecule has 9 heteroatoms. The fraction of sp³-hybridized carbons (Fsp3) is 0.105. The molecule has 3 aromatic rings. The summed E-state index contributed by atoms with van der Waals surface area (Å²) in [7, 11) is 0. The SMILES string of the molecule is Cc1ccc(C(=O)NNc2ncnc(Nc3cccc(C)c3)c2[N+](=O)[O-])cc1. The Balaban J connectivity index is 1.82. The van der Waals surface area contributed by atoms with Crippen molar-refractivity contribution in [2.45, 2.75) is 13.8 Å². The summed E-state index contributed by atoms with van der Waals surface area (Å²) in [4.78, 5) is 31.0. The van der Waals surface area contributed by atoms with E-state index in [-0.39, 0.29) is 17.3 Å². The van der Waals surface area contributed by atoms with Crippen LogP contribution < -0.4 is 16.2 Å². The van der Waals surface area contributed by atoms with E-state index in [4.69, 9.17) is 0 Å². The van der Waals surface area contributed by atoms with E-state index in [0.717, 1.165) is 11.1 Å². The van der Waals surface area contributed by atoms with Crippen LogP contribution in [0.15, 0.2) is 54.9 Å². The van der Waals surface area contributed by atoms with E-state index in [2.05, 4.69) is 26.1 Å². The van der Waals surface area contributed by atoms with Crippen LogP contribution in [0, 0.1) is 24.0 Å². The molecule has 3 N–H and O–H groups in total. The van der Waals surface area contributed by atoms with Gasteiger partial charge in [0.15, 0.2) is 0 Å². The normalized spacial score (nSPS) is 10.2. The molecule has 0 saturated heterocycles. The molecule has 0 radical (unpaired) electrons. The third-order valence-electron chi connectivity index (χ3n) is 3.89. The topological polar surface area (TPSA) is 122 Å². The second-order valence-electron chi connectivity index (χ2n) is 6.12.